The Morgan fingerprint density at radius 3 is 2.33 bits per heavy atom. The molecule has 0 aliphatic rings. The molecule has 0 fully saturated rings. The van der Waals surface area contributed by atoms with E-state index >= 15 is 0 Å². The van der Waals surface area contributed by atoms with E-state index in [1.807, 2.05) is 11.0 Å². The SMILES string of the molecule is CCCN(CCC)C(=S)NC(=O)/C=C/c1ccc(OC)c(OC)c1. The summed E-state index contributed by atoms with van der Waals surface area (Å²) in [5, 5.41) is 3.22. The van der Waals surface area contributed by atoms with Crippen LogP contribution in [0.25, 0.3) is 6.08 Å². The van der Waals surface area contributed by atoms with E-state index in [0.717, 1.165) is 31.5 Å². The summed E-state index contributed by atoms with van der Waals surface area (Å²) in [5.74, 6) is 1.02. The Labute approximate surface area is 149 Å². The first-order chi connectivity index (χ1) is 11.5. The van der Waals surface area contributed by atoms with Crippen molar-refractivity contribution in [3.8, 4) is 11.5 Å². The van der Waals surface area contributed by atoms with E-state index in [-0.39, 0.29) is 5.91 Å². The molecular formula is C18H26N2O3S. The lowest BCUT2D eigenvalue weighted by atomic mass is 10.2. The second-order valence-electron chi connectivity index (χ2n) is 5.23. The third-order valence-corrected chi connectivity index (χ3v) is 3.70. The number of amides is 1. The van der Waals surface area contributed by atoms with Gasteiger partial charge in [-0.15, -0.1) is 0 Å². The molecule has 1 rings (SSSR count). The van der Waals surface area contributed by atoms with Crippen molar-refractivity contribution in [3.05, 3.63) is 29.8 Å². The summed E-state index contributed by atoms with van der Waals surface area (Å²) in [7, 11) is 3.16. The van der Waals surface area contributed by atoms with Crippen molar-refractivity contribution < 1.29 is 14.3 Å². The Morgan fingerprint density at radius 1 is 1.17 bits per heavy atom. The van der Waals surface area contributed by atoms with E-state index in [0.29, 0.717) is 16.6 Å². The minimum absolute atomic E-state index is 0.244. The molecule has 0 aliphatic carbocycles. The number of methoxy groups -OCH3 is 2. The standard InChI is InChI=1S/C18H26N2O3S/c1-5-11-20(12-6-2)18(24)19-17(21)10-8-14-7-9-15(22-3)16(13-14)23-4/h7-10,13H,5-6,11-12H2,1-4H3,(H,19,21,24)/b10-8+. The highest BCUT2D eigenvalue weighted by Gasteiger charge is 2.09. The molecule has 0 spiro atoms. The number of ether oxygens (including phenoxy) is 2. The summed E-state index contributed by atoms with van der Waals surface area (Å²) >= 11 is 5.31. The number of rotatable bonds is 8. The molecule has 24 heavy (non-hydrogen) atoms. The van der Waals surface area contributed by atoms with Crippen molar-refractivity contribution >= 4 is 29.3 Å². The molecule has 0 aromatic heterocycles. The first kappa shape index (κ1) is 20.0. The quantitative estimate of drug-likeness (QED) is 0.576. The summed E-state index contributed by atoms with van der Waals surface area (Å²) in [6, 6.07) is 5.45. The highest BCUT2D eigenvalue weighted by Crippen LogP contribution is 2.27. The van der Waals surface area contributed by atoms with Gasteiger partial charge in [-0.05, 0) is 48.8 Å². The number of hydrogen-bond donors (Lipinski definition) is 1. The Hall–Kier alpha value is -2.08. The van der Waals surface area contributed by atoms with E-state index in [4.69, 9.17) is 21.7 Å². The second-order valence-corrected chi connectivity index (χ2v) is 5.62. The van der Waals surface area contributed by atoms with Crippen LogP contribution in [0.5, 0.6) is 11.5 Å². The largest absolute Gasteiger partial charge is 0.493 e. The molecule has 0 saturated carbocycles. The number of carbonyl (C=O) groups is 1. The van der Waals surface area contributed by atoms with Gasteiger partial charge in [0, 0.05) is 19.2 Å². The zero-order valence-corrected chi connectivity index (χ0v) is 15.6. The lowest BCUT2D eigenvalue weighted by molar-refractivity contribution is -0.115. The van der Waals surface area contributed by atoms with Gasteiger partial charge in [0.1, 0.15) is 0 Å². The number of carbonyl (C=O) groups excluding carboxylic acids is 1. The van der Waals surface area contributed by atoms with Crippen LogP contribution in [0, 0.1) is 0 Å². The number of thiocarbonyl (C=S) groups is 1. The monoisotopic (exact) mass is 350 g/mol. The van der Waals surface area contributed by atoms with Crippen LogP contribution in [0.15, 0.2) is 24.3 Å². The van der Waals surface area contributed by atoms with Crippen LogP contribution in [0.2, 0.25) is 0 Å². The molecule has 0 radical (unpaired) electrons. The van der Waals surface area contributed by atoms with Crippen LogP contribution in [0.1, 0.15) is 32.3 Å². The molecule has 1 N–H and O–H groups in total. The van der Waals surface area contributed by atoms with Crippen LogP contribution < -0.4 is 14.8 Å². The molecule has 5 nitrogen and oxygen atoms in total. The lowest BCUT2D eigenvalue weighted by Crippen LogP contribution is -2.42. The Kier molecular flexibility index (Phi) is 8.86. The van der Waals surface area contributed by atoms with E-state index in [1.165, 1.54) is 6.08 Å². The molecule has 0 saturated heterocycles. The highest BCUT2D eigenvalue weighted by atomic mass is 32.1. The van der Waals surface area contributed by atoms with Crippen molar-refractivity contribution in [1.29, 1.82) is 0 Å². The maximum Gasteiger partial charge on any atom is 0.250 e. The summed E-state index contributed by atoms with van der Waals surface area (Å²) < 4.78 is 10.4. The fourth-order valence-corrected chi connectivity index (χ4v) is 2.49. The fourth-order valence-electron chi connectivity index (χ4n) is 2.21. The molecule has 0 heterocycles. The van der Waals surface area contributed by atoms with E-state index in [1.54, 1.807) is 32.4 Å². The average molecular weight is 350 g/mol. The van der Waals surface area contributed by atoms with Crippen LogP contribution in [-0.4, -0.2) is 43.2 Å². The fraction of sp³-hybridized carbons (Fsp3) is 0.444. The van der Waals surface area contributed by atoms with Gasteiger partial charge in [-0.1, -0.05) is 19.9 Å². The van der Waals surface area contributed by atoms with Gasteiger partial charge in [-0.25, -0.2) is 0 Å². The molecule has 0 bridgehead atoms. The third-order valence-electron chi connectivity index (χ3n) is 3.34. The number of benzene rings is 1. The van der Waals surface area contributed by atoms with E-state index < -0.39 is 0 Å². The van der Waals surface area contributed by atoms with E-state index in [9.17, 15) is 4.79 Å². The first-order valence-corrected chi connectivity index (χ1v) is 8.46. The Balaban J connectivity index is 2.69. The minimum atomic E-state index is -0.244. The van der Waals surface area contributed by atoms with Gasteiger partial charge in [0.15, 0.2) is 16.6 Å². The van der Waals surface area contributed by atoms with Gasteiger partial charge in [0.2, 0.25) is 5.91 Å². The highest BCUT2D eigenvalue weighted by molar-refractivity contribution is 7.80. The number of nitrogens with one attached hydrogen (secondary N) is 1. The molecule has 132 valence electrons. The van der Waals surface area contributed by atoms with Crippen molar-refractivity contribution in [1.82, 2.24) is 10.2 Å². The number of hydrogen-bond acceptors (Lipinski definition) is 4. The summed E-state index contributed by atoms with van der Waals surface area (Å²) in [5.41, 5.74) is 0.840. The van der Waals surface area contributed by atoms with Crippen LogP contribution in [-0.2, 0) is 4.79 Å². The van der Waals surface area contributed by atoms with Crippen LogP contribution in [0.3, 0.4) is 0 Å². The van der Waals surface area contributed by atoms with Crippen molar-refractivity contribution in [2.45, 2.75) is 26.7 Å². The maximum atomic E-state index is 12.0. The molecule has 0 unspecified atom stereocenters. The minimum Gasteiger partial charge on any atom is -0.493 e. The molecule has 0 atom stereocenters. The van der Waals surface area contributed by atoms with Crippen LogP contribution in [0.4, 0.5) is 0 Å². The predicted molar refractivity (Wildman–Crippen MR) is 101 cm³/mol. The van der Waals surface area contributed by atoms with Gasteiger partial charge in [0.25, 0.3) is 0 Å². The van der Waals surface area contributed by atoms with Crippen molar-refractivity contribution in [2.24, 2.45) is 0 Å². The maximum absolute atomic E-state index is 12.0. The van der Waals surface area contributed by atoms with Crippen molar-refractivity contribution in [2.75, 3.05) is 27.3 Å². The van der Waals surface area contributed by atoms with E-state index in [2.05, 4.69) is 19.2 Å². The van der Waals surface area contributed by atoms with Crippen molar-refractivity contribution in [3.63, 3.8) is 0 Å². The first-order valence-electron chi connectivity index (χ1n) is 8.05. The second kappa shape index (κ2) is 10.6. The van der Waals surface area contributed by atoms with Crippen LogP contribution >= 0.6 is 12.2 Å². The third kappa shape index (κ3) is 6.20. The lowest BCUT2D eigenvalue weighted by Gasteiger charge is -2.23. The molecule has 6 heteroatoms. The smallest absolute Gasteiger partial charge is 0.250 e. The molecular weight excluding hydrogens is 324 g/mol. The topological polar surface area (TPSA) is 50.8 Å². The Bertz CT molecular complexity index is 582. The van der Waals surface area contributed by atoms with Gasteiger partial charge >= 0.3 is 0 Å². The predicted octanol–water partition coefficient (Wildman–Crippen LogP) is 3.24. The molecule has 1 aromatic carbocycles. The molecule has 1 aromatic rings. The van der Waals surface area contributed by atoms with Gasteiger partial charge < -0.3 is 14.4 Å². The Morgan fingerprint density at radius 2 is 1.79 bits per heavy atom. The van der Waals surface area contributed by atoms with Gasteiger partial charge in [-0.2, -0.15) is 0 Å². The molecule has 0 aliphatic heterocycles. The zero-order valence-electron chi connectivity index (χ0n) is 14.8. The molecule has 1 amide bonds. The number of nitrogens with zero attached hydrogens (tertiary/aromatic N) is 1. The summed E-state index contributed by atoms with van der Waals surface area (Å²) in [4.78, 5) is 14.1. The normalized spacial score (nSPS) is 10.5. The summed E-state index contributed by atoms with van der Waals surface area (Å²) in [6.45, 7) is 5.85. The van der Waals surface area contributed by atoms with Gasteiger partial charge in [-0.3, -0.25) is 10.1 Å². The van der Waals surface area contributed by atoms with Gasteiger partial charge in [0.05, 0.1) is 14.2 Å². The summed E-state index contributed by atoms with van der Waals surface area (Å²) in [6.07, 6.45) is 5.14. The zero-order chi connectivity index (χ0) is 17.9. The average Bonchev–Trinajstić information content (AvgIpc) is 2.59.